The number of nitrogens with one attached hydrogen (secondary N) is 2. The molecule has 6 heteroatoms. The topological polar surface area (TPSA) is 73.3 Å². The highest BCUT2D eigenvalue weighted by atomic mass is 16.3. The summed E-state index contributed by atoms with van der Waals surface area (Å²) in [6, 6.07) is 18.9. The van der Waals surface area contributed by atoms with Gasteiger partial charge in [-0.1, -0.05) is 30.3 Å². The van der Waals surface area contributed by atoms with Gasteiger partial charge < -0.3 is 15.7 Å². The Morgan fingerprint density at radius 2 is 1.94 bits per heavy atom. The monoisotopic (exact) mass is 417 g/mol. The Bertz CT molecular complexity index is 1010. The van der Waals surface area contributed by atoms with E-state index in [1.54, 1.807) is 18.3 Å². The normalized spacial score (nSPS) is 19.3. The number of benzene rings is 2. The Balaban J connectivity index is 1.41. The molecule has 0 amide bonds. The van der Waals surface area contributed by atoms with Crippen molar-refractivity contribution in [2.75, 3.05) is 25.0 Å². The lowest BCUT2D eigenvalue weighted by atomic mass is 10.0. The summed E-state index contributed by atoms with van der Waals surface area (Å²) in [7, 11) is 0. The maximum absolute atomic E-state index is 9.59. The summed E-state index contributed by atoms with van der Waals surface area (Å²) in [4.78, 5) is 11.6. The van der Waals surface area contributed by atoms with Gasteiger partial charge in [0.25, 0.3) is 0 Å². The van der Waals surface area contributed by atoms with Crippen LogP contribution in [0.15, 0.2) is 60.8 Å². The molecule has 0 bridgehead atoms. The predicted molar refractivity (Wildman–Crippen MR) is 125 cm³/mol. The smallest absolute Gasteiger partial charge is 0.223 e. The fourth-order valence-corrected chi connectivity index (χ4v) is 4.05. The number of nitrogens with zero attached hydrogens (tertiary/aromatic N) is 3. The molecule has 3 N–H and O–H groups in total. The van der Waals surface area contributed by atoms with Crippen molar-refractivity contribution in [2.24, 2.45) is 0 Å². The zero-order chi connectivity index (χ0) is 21.6. The van der Waals surface area contributed by atoms with Crippen molar-refractivity contribution in [2.45, 2.75) is 38.9 Å². The summed E-state index contributed by atoms with van der Waals surface area (Å²) in [6.45, 7) is 8.29. The number of aromatic hydroxyl groups is 1. The Morgan fingerprint density at radius 3 is 2.81 bits per heavy atom. The van der Waals surface area contributed by atoms with Gasteiger partial charge in [0.1, 0.15) is 5.75 Å². The van der Waals surface area contributed by atoms with E-state index in [4.69, 9.17) is 4.98 Å². The number of phenols is 1. The molecule has 3 aromatic rings. The molecule has 0 spiro atoms. The molecular formula is C25H31N5O. The van der Waals surface area contributed by atoms with Crippen molar-refractivity contribution in [3.05, 3.63) is 71.9 Å². The molecule has 1 aromatic heterocycles. The van der Waals surface area contributed by atoms with Crippen LogP contribution in [0.5, 0.6) is 5.75 Å². The molecule has 0 saturated carbocycles. The van der Waals surface area contributed by atoms with Crippen LogP contribution in [-0.2, 0) is 13.0 Å². The quantitative estimate of drug-likeness (QED) is 0.545. The van der Waals surface area contributed by atoms with Crippen LogP contribution in [0.1, 0.15) is 25.0 Å². The summed E-state index contributed by atoms with van der Waals surface area (Å²) in [6.07, 6.45) is 2.59. The Labute approximate surface area is 184 Å². The summed E-state index contributed by atoms with van der Waals surface area (Å²) in [5.74, 6) is 0.910. The molecule has 162 valence electrons. The minimum absolute atomic E-state index is 0.292. The molecule has 1 saturated heterocycles. The maximum atomic E-state index is 9.59. The first kappa shape index (κ1) is 21.3. The molecule has 1 fully saturated rings. The van der Waals surface area contributed by atoms with Crippen LogP contribution in [0.3, 0.4) is 0 Å². The van der Waals surface area contributed by atoms with Crippen LogP contribution < -0.4 is 10.6 Å². The van der Waals surface area contributed by atoms with Gasteiger partial charge in [-0.05, 0) is 55.7 Å². The molecule has 2 atom stereocenters. The SMILES string of the molecule is CC1NCCN(Cc2cccc(-c3ccnc(NCCc4cccc(O)c4)n3)c2)C1C. The Morgan fingerprint density at radius 1 is 1.10 bits per heavy atom. The molecule has 2 heterocycles. The van der Waals surface area contributed by atoms with Crippen LogP contribution in [0.4, 0.5) is 5.95 Å². The zero-order valence-electron chi connectivity index (χ0n) is 18.3. The van der Waals surface area contributed by atoms with Crippen molar-refractivity contribution in [1.82, 2.24) is 20.2 Å². The minimum atomic E-state index is 0.292. The van der Waals surface area contributed by atoms with Crippen molar-refractivity contribution in [3.63, 3.8) is 0 Å². The van der Waals surface area contributed by atoms with E-state index in [0.717, 1.165) is 42.9 Å². The molecular weight excluding hydrogens is 386 g/mol. The second kappa shape index (κ2) is 9.90. The van der Waals surface area contributed by atoms with Gasteiger partial charge in [-0.25, -0.2) is 9.97 Å². The molecule has 2 unspecified atom stereocenters. The van der Waals surface area contributed by atoms with Gasteiger partial charge >= 0.3 is 0 Å². The fourth-order valence-electron chi connectivity index (χ4n) is 4.05. The number of hydrogen-bond donors (Lipinski definition) is 3. The highest BCUT2D eigenvalue weighted by molar-refractivity contribution is 5.61. The second-order valence-corrected chi connectivity index (χ2v) is 8.27. The Hall–Kier alpha value is -2.96. The third-order valence-electron chi connectivity index (χ3n) is 6.04. The van der Waals surface area contributed by atoms with Crippen molar-refractivity contribution in [1.29, 1.82) is 0 Å². The average Bonchev–Trinajstić information content (AvgIpc) is 2.77. The second-order valence-electron chi connectivity index (χ2n) is 8.27. The predicted octanol–water partition coefficient (Wildman–Crippen LogP) is 3.69. The molecule has 4 rings (SSSR count). The molecule has 0 aliphatic carbocycles. The van der Waals surface area contributed by atoms with Gasteiger partial charge in [-0.3, -0.25) is 4.90 Å². The van der Waals surface area contributed by atoms with E-state index in [-0.39, 0.29) is 0 Å². The van der Waals surface area contributed by atoms with E-state index in [0.29, 0.717) is 30.3 Å². The van der Waals surface area contributed by atoms with E-state index in [1.807, 2.05) is 18.2 Å². The largest absolute Gasteiger partial charge is 0.508 e. The van der Waals surface area contributed by atoms with Crippen molar-refractivity contribution < 1.29 is 5.11 Å². The molecule has 2 aromatic carbocycles. The summed E-state index contributed by atoms with van der Waals surface area (Å²) < 4.78 is 0. The lowest BCUT2D eigenvalue weighted by Crippen LogP contribution is -2.54. The molecule has 0 radical (unpaired) electrons. The number of phenolic OH excluding ortho intramolecular Hbond substituents is 1. The molecule has 31 heavy (non-hydrogen) atoms. The first-order chi connectivity index (χ1) is 15.1. The average molecular weight is 418 g/mol. The molecule has 6 nitrogen and oxygen atoms in total. The van der Waals surface area contributed by atoms with E-state index >= 15 is 0 Å². The highest BCUT2D eigenvalue weighted by Crippen LogP contribution is 2.21. The maximum Gasteiger partial charge on any atom is 0.223 e. The number of piperazine rings is 1. The van der Waals surface area contributed by atoms with Crippen LogP contribution in [0.2, 0.25) is 0 Å². The minimum Gasteiger partial charge on any atom is -0.508 e. The van der Waals surface area contributed by atoms with Crippen LogP contribution >= 0.6 is 0 Å². The van der Waals surface area contributed by atoms with Gasteiger partial charge in [-0.15, -0.1) is 0 Å². The highest BCUT2D eigenvalue weighted by Gasteiger charge is 2.24. The summed E-state index contributed by atoms with van der Waals surface area (Å²) >= 11 is 0. The van der Waals surface area contributed by atoms with E-state index < -0.39 is 0 Å². The van der Waals surface area contributed by atoms with E-state index in [1.165, 1.54) is 5.56 Å². The van der Waals surface area contributed by atoms with Crippen LogP contribution in [0, 0.1) is 0 Å². The van der Waals surface area contributed by atoms with Gasteiger partial charge in [0.15, 0.2) is 0 Å². The van der Waals surface area contributed by atoms with Crippen molar-refractivity contribution >= 4 is 5.95 Å². The number of aromatic nitrogens is 2. The van der Waals surface area contributed by atoms with Crippen LogP contribution in [0.25, 0.3) is 11.3 Å². The summed E-state index contributed by atoms with van der Waals surface area (Å²) in [5, 5.41) is 16.4. The third kappa shape index (κ3) is 5.60. The first-order valence-corrected chi connectivity index (χ1v) is 11.0. The van der Waals surface area contributed by atoms with Crippen LogP contribution in [-0.4, -0.2) is 51.7 Å². The summed E-state index contributed by atoms with van der Waals surface area (Å²) in [5.41, 5.74) is 4.40. The van der Waals surface area contributed by atoms with E-state index in [9.17, 15) is 5.11 Å². The zero-order valence-corrected chi connectivity index (χ0v) is 18.3. The van der Waals surface area contributed by atoms with Gasteiger partial charge in [-0.2, -0.15) is 0 Å². The molecule has 1 aliphatic heterocycles. The Kier molecular flexibility index (Phi) is 6.79. The number of hydrogen-bond acceptors (Lipinski definition) is 6. The number of rotatable bonds is 7. The van der Waals surface area contributed by atoms with E-state index in [2.05, 4.69) is 58.6 Å². The van der Waals surface area contributed by atoms with Gasteiger partial charge in [0, 0.05) is 50.0 Å². The van der Waals surface area contributed by atoms with Gasteiger partial charge in [0.05, 0.1) is 5.69 Å². The molecule has 1 aliphatic rings. The standard InChI is InChI=1S/C25H31N5O/c1-18-19(2)30(14-13-26-18)17-21-6-3-7-22(15-21)24-10-12-28-25(29-24)27-11-9-20-5-4-8-23(31)16-20/h3-8,10,12,15-16,18-19,26,31H,9,11,13-14,17H2,1-2H3,(H,27,28,29). The lowest BCUT2D eigenvalue weighted by molar-refractivity contribution is 0.131. The number of anilines is 1. The lowest BCUT2D eigenvalue weighted by Gasteiger charge is -2.38. The third-order valence-corrected chi connectivity index (χ3v) is 6.04. The first-order valence-electron chi connectivity index (χ1n) is 11.0. The fraction of sp³-hybridized carbons (Fsp3) is 0.360. The van der Waals surface area contributed by atoms with Crippen molar-refractivity contribution in [3.8, 4) is 17.0 Å². The van der Waals surface area contributed by atoms with Gasteiger partial charge in [0.2, 0.25) is 5.95 Å².